The molecule has 0 amide bonds. The summed E-state index contributed by atoms with van der Waals surface area (Å²) < 4.78 is 50.3. The van der Waals surface area contributed by atoms with Crippen LogP contribution in [0.15, 0.2) is 54.6 Å². The molecule has 8 heteroatoms. The molecule has 2 aromatic rings. The number of alkyl halides is 3. The Morgan fingerprint density at radius 2 is 1.72 bits per heavy atom. The summed E-state index contributed by atoms with van der Waals surface area (Å²) in [4.78, 5) is 16.0. The number of anilines is 1. The zero-order valence-electron chi connectivity index (χ0n) is 16.1. The number of para-hydroxylation sites is 1. The van der Waals surface area contributed by atoms with E-state index >= 15 is 0 Å². The van der Waals surface area contributed by atoms with Crippen LogP contribution in [0.4, 0.5) is 18.9 Å². The molecule has 2 aromatic carbocycles. The van der Waals surface area contributed by atoms with E-state index in [4.69, 9.17) is 9.47 Å². The van der Waals surface area contributed by atoms with Crippen LogP contribution in [-0.2, 0) is 4.74 Å². The Balaban J connectivity index is 1.60. The number of halogens is 3. The number of carbonyl (C=O) groups is 1. The first-order valence-corrected chi connectivity index (χ1v) is 9.31. The van der Waals surface area contributed by atoms with E-state index in [1.807, 2.05) is 30.3 Å². The second-order valence-electron chi connectivity index (χ2n) is 6.79. The fraction of sp³-hybridized carbons (Fsp3) is 0.381. The second-order valence-corrected chi connectivity index (χ2v) is 6.79. The summed E-state index contributed by atoms with van der Waals surface area (Å²) in [7, 11) is 1.41. The molecule has 1 aliphatic heterocycles. The van der Waals surface area contributed by atoms with Crippen molar-refractivity contribution >= 4 is 11.7 Å². The Hall–Kier alpha value is -2.74. The van der Waals surface area contributed by atoms with Crippen molar-refractivity contribution in [3.8, 4) is 5.75 Å². The number of rotatable bonds is 6. The predicted octanol–water partition coefficient (Wildman–Crippen LogP) is 3.61. The number of nitrogens with zero attached hydrogens (tertiary/aromatic N) is 2. The van der Waals surface area contributed by atoms with Crippen molar-refractivity contribution in [2.75, 3.05) is 44.7 Å². The van der Waals surface area contributed by atoms with Gasteiger partial charge in [-0.1, -0.05) is 24.3 Å². The summed E-state index contributed by atoms with van der Waals surface area (Å²) in [5, 5.41) is 0. The van der Waals surface area contributed by atoms with Crippen molar-refractivity contribution < 1.29 is 27.4 Å². The summed E-state index contributed by atoms with van der Waals surface area (Å²) in [5.74, 6) is -0.644. The van der Waals surface area contributed by atoms with Crippen LogP contribution in [0.2, 0.25) is 0 Å². The lowest BCUT2D eigenvalue weighted by Gasteiger charge is -2.37. The first kappa shape index (κ1) is 21.0. The Morgan fingerprint density at radius 3 is 2.34 bits per heavy atom. The third kappa shape index (κ3) is 5.63. The number of hydrogen-bond acceptors (Lipinski definition) is 5. The Labute approximate surface area is 167 Å². The van der Waals surface area contributed by atoms with Gasteiger partial charge >= 0.3 is 12.1 Å². The van der Waals surface area contributed by atoms with Gasteiger partial charge in [0.25, 0.3) is 0 Å². The summed E-state index contributed by atoms with van der Waals surface area (Å²) in [6, 6.07) is 15.6. The average Bonchev–Trinajstić information content (AvgIpc) is 2.73. The zero-order valence-corrected chi connectivity index (χ0v) is 16.1. The molecule has 29 heavy (non-hydrogen) atoms. The molecule has 1 fully saturated rings. The van der Waals surface area contributed by atoms with E-state index in [1.165, 1.54) is 25.3 Å². The molecular weight excluding hydrogens is 385 g/mol. The Kier molecular flexibility index (Phi) is 6.64. The molecule has 0 aromatic heterocycles. The van der Waals surface area contributed by atoms with Crippen LogP contribution in [0.3, 0.4) is 0 Å². The summed E-state index contributed by atoms with van der Waals surface area (Å²) >= 11 is 0. The van der Waals surface area contributed by atoms with E-state index in [9.17, 15) is 18.0 Å². The molecule has 5 nitrogen and oxygen atoms in total. The van der Waals surface area contributed by atoms with Crippen molar-refractivity contribution in [2.24, 2.45) is 0 Å². The van der Waals surface area contributed by atoms with E-state index in [2.05, 4.69) is 4.90 Å². The molecule has 0 aliphatic carbocycles. The molecule has 0 radical (unpaired) electrons. The second kappa shape index (κ2) is 9.17. The predicted molar refractivity (Wildman–Crippen MR) is 103 cm³/mol. The molecule has 1 unspecified atom stereocenters. The molecule has 0 N–H and O–H groups in total. The van der Waals surface area contributed by atoms with Crippen LogP contribution in [0.5, 0.6) is 5.75 Å². The van der Waals surface area contributed by atoms with E-state index in [0.29, 0.717) is 31.9 Å². The molecule has 3 rings (SSSR count). The number of esters is 1. The van der Waals surface area contributed by atoms with E-state index < -0.39 is 18.2 Å². The van der Waals surface area contributed by atoms with Crippen molar-refractivity contribution in [2.45, 2.75) is 12.3 Å². The van der Waals surface area contributed by atoms with Gasteiger partial charge in [0.2, 0.25) is 6.10 Å². The van der Waals surface area contributed by atoms with Crippen LogP contribution in [0, 0.1) is 0 Å². The van der Waals surface area contributed by atoms with Gasteiger partial charge < -0.3 is 14.4 Å². The standard InChI is InChI=1S/C21H23F3N2O3/c1-28-18-9-5-6-16(14-18)20(27)29-19(21(22,23)24)15-25-10-12-26(13-11-25)17-7-3-2-4-8-17/h2-9,14,19H,10-13,15H2,1H3. The topological polar surface area (TPSA) is 42.0 Å². The van der Waals surface area contributed by atoms with Gasteiger partial charge in [-0.15, -0.1) is 0 Å². The van der Waals surface area contributed by atoms with Gasteiger partial charge in [-0.3, -0.25) is 4.90 Å². The lowest BCUT2D eigenvalue weighted by Crippen LogP contribution is -2.51. The Bertz CT molecular complexity index is 806. The highest BCUT2D eigenvalue weighted by Gasteiger charge is 2.44. The fourth-order valence-corrected chi connectivity index (χ4v) is 3.22. The van der Waals surface area contributed by atoms with Crippen molar-refractivity contribution in [1.29, 1.82) is 0 Å². The first-order valence-electron chi connectivity index (χ1n) is 9.31. The molecule has 0 spiro atoms. The number of carbonyl (C=O) groups excluding carboxylic acids is 1. The summed E-state index contributed by atoms with van der Waals surface area (Å²) in [5.41, 5.74) is 1.07. The first-order chi connectivity index (χ1) is 13.9. The third-order valence-electron chi connectivity index (χ3n) is 4.84. The molecule has 156 valence electrons. The van der Waals surface area contributed by atoms with Gasteiger partial charge in [0.1, 0.15) is 5.75 Å². The minimum absolute atomic E-state index is 0.0208. The number of piperazine rings is 1. The molecular formula is C21H23F3N2O3. The molecule has 0 bridgehead atoms. The van der Waals surface area contributed by atoms with Crippen LogP contribution in [0.25, 0.3) is 0 Å². The molecule has 0 saturated carbocycles. The highest BCUT2D eigenvalue weighted by Crippen LogP contribution is 2.26. The number of methoxy groups -OCH3 is 1. The molecule has 1 heterocycles. The third-order valence-corrected chi connectivity index (χ3v) is 4.84. The molecule has 1 atom stereocenters. The van der Waals surface area contributed by atoms with Crippen molar-refractivity contribution in [3.63, 3.8) is 0 Å². The largest absolute Gasteiger partial charge is 0.497 e. The van der Waals surface area contributed by atoms with Gasteiger partial charge in [0, 0.05) is 38.4 Å². The Morgan fingerprint density at radius 1 is 1.03 bits per heavy atom. The lowest BCUT2D eigenvalue weighted by molar-refractivity contribution is -0.208. The average molecular weight is 408 g/mol. The molecule has 1 aliphatic rings. The minimum Gasteiger partial charge on any atom is -0.497 e. The van der Waals surface area contributed by atoms with E-state index in [1.54, 1.807) is 11.0 Å². The maximum Gasteiger partial charge on any atom is 0.426 e. The van der Waals surface area contributed by atoms with Crippen LogP contribution in [-0.4, -0.2) is 63.0 Å². The zero-order chi connectivity index (χ0) is 20.9. The van der Waals surface area contributed by atoms with E-state index in [0.717, 1.165) is 5.69 Å². The maximum atomic E-state index is 13.5. The SMILES string of the molecule is COc1cccc(C(=O)OC(CN2CCN(c3ccccc3)CC2)C(F)(F)F)c1. The van der Waals surface area contributed by atoms with Gasteiger partial charge in [0.05, 0.1) is 12.7 Å². The highest BCUT2D eigenvalue weighted by atomic mass is 19.4. The highest BCUT2D eigenvalue weighted by molar-refractivity contribution is 5.90. The van der Waals surface area contributed by atoms with Crippen LogP contribution < -0.4 is 9.64 Å². The fourth-order valence-electron chi connectivity index (χ4n) is 3.22. The quantitative estimate of drug-likeness (QED) is 0.684. The number of benzene rings is 2. The smallest absolute Gasteiger partial charge is 0.426 e. The van der Waals surface area contributed by atoms with Crippen molar-refractivity contribution in [1.82, 2.24) is 4.90 Å². The molecule has 1 saturated heterocycles. The van der Waals surface area contributed by atoms with Crippen molar-refractivity contribution in [3.05, 3.63) is 60.2 Å². The van der Waals surface area contributed by atoms with Gasteiger partial charge in [-0.25, -0.2) is 4.79 Å². The van der Waals surface area contributed by atoms with Gasteiger partial charge in [0.15, 0.2) is 0 Å². The number of hydrogen-bond donors (Lipinski definition) is 0. The minimum atomic E-state index is -4.65. The normalized spacial score (nSPS) is 16.3. The van der Waals surface area contributed by atoms with Crippen LogP contribution >= 0.6 is 0 Å². The van der Waals surface area contributed by atoms with Gasteiger partial charge in [-0.2, -0.15) is 13.2 Å². The maximum absolute atomic E-state index is 13.5. The van der Waals surface area contributed by atoms with Gasteiger partial charge in [-0.05, 0) is 30.3 Å². The van der Waals surface area contributed by atoms with Crippen LogP contribution in [0.1, 0.15) is 10.4 Å². The summed E-state index contributed by atoms with van der Waals surface area (Å²) in [6.07, 6.45) is -6.84. The van der Waals surface area contributed by atoms with E-state index in [-0.39, 0.29) is 12.1 Å². The summed E-state index contributed by atoms with van der Waals surface area (Å²) in [6.45, 7) is 1.75. The number of ether oxygens (including phenoxy) is 2. The lowest BCUT2D eigenvalue weighted by atomic mass is 10.2. The monoisotopic (exact) mass is 408 g/mol.